The molecule has 0 aromatic heterocycles. The first kappa shape index (κ1) is 14.1. The van der Waals surface area contributed by atoms with E-state index in [-0.39, 0.29) is 0 Å². The van der Waals surface area contributed by atoms with E-state index < -0.39 is 0 Å². The van der Waals surface area contributed by atoms with Gasteiger partial charge >= 0.3 is 0 Å². The lowest BCUT2D eigenvalue weighted by Crippen LogP contribution is -2.38. The maximum Gasteiger partial charge on any atom is 0.00107 e. The predicted molar refractivity (Wildman–Crippen MR) is 86.0 cm³/mol. The second kappa shape index (κ2) is 6.30. The highest BCUT2D eigenvalue weighted by molar-refractivity contribution is 5.27. The second-order valence-corrected chi connectivity index (χ2v) is 6.96. The molecule has 1 aromatic carbocycles. The first-order valence-corrected chi connectivity index (χ1v) is 8.61. The fourth-order valence-electron chi connectivity index (χ4n) is 4.39. The molecule has 0 aliphatic heterocycles. The molecule has 3 rings (SSSR count). The molecule has 0 spiro atoms. The van der Waals surface area contributed by atoms with Crippen molar-refractivity contribution < 1.29 is 0 Å². The molecule has 0 saturated heterocycles. The van der Waals surface area contributed by atoms with Crippen molar-refractivity contribution in [2.45, 2.75) is 57.8 Å². The van der Waals surface area contributed by atoms with Gasteiger partial charge in [-0.05, 0) is 55.0 Å². The molecule has 1 N–H and O–H groups in total. The molecule has 2 fully saturated rings. The Morgan fingerprint density at radius 1 is 1.10 bits per heavy atom. The quantitative estimate of drug-likeness (QED) is 0.737. The van der Waals surface area contributed by atoms with Gasteiger partial charge in [0, 0.05) is 6.54 Å². The Labute approximate surface area is 124 Å². The van der Waals surface area contributed by atoms with Gasteiger partial charge in [0.15, 0.2) is 0 Å². The summed E-state index contributed by atoms with van der Waals surface area (Å²) in [5.74, 6) is 1.78. The minimum atomic E-state index is 0.605. The fourth-order valence-corrected chi connectivity index (χ4v) is 4.39. The fraction of sp³-hybridized carbons (Fsp3) is 0.684. The summed E-state index contributed by atoms with van der Waals surface area (Å²) in [5, 5.41) is 3.74. The number of rotatable bonds is 6. The van der Waals surface area contributed by atoms with Gasteiger partial charge in [-0.2, -0.15) is 0 Å². The van der Waals surface area contributed by atoms with E-state index in [2.05, 4.69) is 42.6 Å². The zero-order chi connectivity index (χ0) is 13.8. The minimum absolute atomic E-state index is 0.605. The Kier molecular flexibility index (Phi) is 4.45. The van der Waals surface area contributed by atoms with Crippen molar-refractivity contribution in [1.29, 1.82) is 0 Å². The van der Waals surface area contributed by atoms with E-state index in [0.717, 1.165) is 11.8 Å². The highest BCUT2D eigenvalue weighted by atomic mass is 14.9. The van der Waals surface area contributed by atoms with Gasteiger partial charge in [0.25, 0.3) is 0 Å². The molecule has 2 aliphatic carbocycles. The molecule has 110 valence electrons. The van der Waals surface area contributed by atoms with Crippen LogP contribution in [0.1, 0.15) is 63.4 Å². The minimum Gasteiger partial charge on any atom is -0.316 e. The molecule has 1 heteroatoms. The maximum atomic E-state index is 3.74. The van der Waals surface area contributed by atoms with E-state index in [1.807, 2.05) is 0 Å². The average Bonchev–Trinajstić information content (AvgIpc) is 3.31. The zero-order valence-corrected chi connectivity index (χ0v) is 12.9. The number of hydrogen-bond donors (Lipinski definition) is 1. The van der Waals surface area contributed by atoms with Crippen LogP contribution in [0, 0.1) is 11.3 Å². The van der Waals surface area contributed by atoms with Crippen molar-refractivity contribution in [2.75, 3.05) is 13.1 Å². The van der Waals surface area contributed by atoms with Gasteiger partial charge in [0.05, 0.1) is 0 Å². The topological polar surface area (TPSA) is 12.0 Å². The Morgan fingerprint density at radius 3 is 2.55 bits per heavy atom. The van der Waals surface area contributed by atoms with Gasteiger partial charge in [0.2, 0.25) is 0 Å². The van der Waals surface area contributed by atoms with E-state index in [1.165, 1.54) is 58.0 Å². The van der Waals surface area contributed by atoms with Crippen molar-refractivity contribution in [2.24, 2.45) is 11.3 Å². The molecule has 1 aromatic rings. The van der Waals surface area contributed by atoms with Crippen LogP contribution in [0.15, 0.2) is 30.3 Å². The number of benzene rings is 1. The molecule has 0 heterocycles. The monoisotopic (exact) mass is 271 g/mol. The van der Waals surface area contributed by atoms with Gasteiger partial charge in [-0.3, -0.25) is 0 Å². The van der Waals surface area contributed by atoms with E-state index in [9.17, 15) is 0 Å². The smallest absolute Gasteiger partial charge is 0.00107 e. The van der Waals surface area contributed by atoms with Crippen LogP contribution < -0.4 is 5.32 Å². The third kappa shape index (κ3) is 2.93. The molecule has 0 amide bonds. The summed E-state index contributed by atoms with van der Waals surface area (Å²) in [6.07, 6.45) is 9.95. The van der Waals surface area contributed by atoms with E-state index in [4.69, 9.17) is 0 Å². The first-order valence-electron chi connectivity index (χ1n) is 8.61. The maximum absolute atomic E-state index is 3.74. The summed E-state index contributed by atoms with van der Waals surface area (Å²) < 4.78 is 0. The molecule has 2 unspecified atom stereocenters. The summed E-state index contributed by atoms with van der Waals surface area (Å²) in [6, 6.07) is 11.2. The molecular formula is C19H29N. The third-order valence-electron chi connectivity index (χ3n) is 5.56. The lowest BCUT2D eigenvalue weighted by molar-refractivity contribution is 0.146. The van der Waals surface area contributed by atoms with Crippen LogP contribution in [0.4, 0.5) is 0 Å². The highest BCUT2D eigenvalue weighted by Gasteiger charge is 2.52. The Balaban J connectivity index is 1.68. The molecule has 2 atom stereocenters. The summed E-state index contributed by atoms with van der Waals surface area (Å²) in [4.78, 5) is 0. The SMILES string of the molecule is CCCNCC1(C2CC2c2ccccc2)CCCCC1. The Morgan fingerprint density at radius 2 is 1.85 bits per heavy atom. The van der Waals surface area contributed by atoms with Crippen LogP contribution in [-0.4, -0.2) is 13.1 Å². The third-order valence-corrected chi connectivity index (χ3v) is 5.56. The van der Waals surface area contributed by atoms with Crippen LogP contribution in [0.5, 0.6) is 0 Å². The molecule has 2 aliphatic rings. The van der Waals surface area contributed by atoms with E-state index in [0.29, 0.717) is 5.41 Å². The lowest BCUT2D eigenvalue weighted by Gasteiger charge is -2.38. The van der Waals surface area contributed by atoms with E-state index in [1.54, 1.807) is 5.56 Å². The first-order chi connectivity index (χ1) is 9.86. The second-order valence-electron chi connectivity index (χ2n) is 6.96. The zero-order valence-electron chi connectivity index (χ0n) is 12.9. The van der Waals surface area contributed by atoms with Gasteiger partial charge in [-0.1, -0.05) is 56.5 Å². The van der Waals surface area contributed by atoms with E-state index >= 15 is 0 Å². The summed E-state index contributed by atoms with van der Waals surface area (Å²) in [7, 11) is 0. The normalized spacial score (nSPS) is 28.2. The van der Waals surface area contributed by atoms with Crippen LogP contribution in [0.25, 0.3) is 0 Å². The van der Waals surface area contributed by atoms with Crippen LogP contribution >= 0.6 is 0 Å². The summed E-state index contributed by atoms with van der Waals surface area (Å²) in [6.45, 7) is 4.71. The Bertz CT molecular complexity index is 405. The summed E-state index contributed by atoms with van der Waals surface area (Å²) in [5.41, 5.74) is 2.19. The van der Waals surface area contributed by atoms with Crippen molar-refractivity contribution in [3.8, 4) is 0 Å². The van der Waals surface area contributed by atoms with Gasteiger partial charge < -0.3 is 5.32 Å². The Hall–Kier alpha value is -0.820. The average molecular weight is 271 g/mol. The van der Waals surface area contributed by atoms with Crippen LogP contribution in [0.3, 0.4) is 0 Å². The predicted octanol–water partition coefficient (Wildman–Crippen LogP) is 4.74. The summed E-state index contributed by atoms with van der Waals surface area (Å²) >= 11 is 0. The van der Waals surface area contributed by atoms with Crippen LogP contribution in [-0.2, 0) is 0 Å². The van der Waals surface area contributed by atoms with Gasteiger partial charge in [-0.25, -0.2) is 0 Å². The molecule has 0 radical (unpaired) electrons. The highest BCUT2D eigenvalue weighted by Crippen LogP contribution is 2.61. The van der Waals surface area contributed by atoms with Crippen LogP contribution in [0.2, 0.25) is 0 Å². The van der Waals surface area contributed by atoms with Gasteiger partial charge in [0.1, 0.15) is 0 Å². The molecule has 20 heavy (non-hydrogen) atoms. The van der Waals surface area contributed by atoms with Crippen molar-refractivity contribution in [3.05, 3.63) is 35.9 Å². The van der Waals surface area contributed by atoms with Crippen molar-refractivity contribution in [1.82, 2.24) is 5.32 Å². The number of hydrogen-bond acceptors (Lipinski definition) is 1. The van der Waals surface area contributed by atoms with Crippen molar-refractivity contribution >= 4 is 0 Å². The molecule has 0 bridgehead atoms. The largest absolute Gasteiger partial charge is 0.316 e. The van der Waals surface area contributed by atoms with Crippen molar-refractivity contribution in [3.63, 3.8) is 0 Å². The number of nitrogens with one attached hydrogen (secondary N) is 1. The van der Waals surface area contributed by atoms with Gasteiger partial charge in [-0.15, -0.1) is 0 Å². The molecule has 1 nitrogen and oxygen atoms in total. The lowest BCUT2D eigenvalue weighted by atomic mass is 9.69. The standard InChI is InChI=1S/C19H29N/c1-2-13-20-15-19(11-7-4-8-12-19)18-14-17(18)16-9-5-3-6-10-16/h3,5-6,9-10,17-18,20H,2,4,7-8,11-15H2,1H3. The molecule has 2 saturated carbocycles. The molecular weight excluding hydrogens is 242 g/mol.